The molecule has 2 unspecified atom stereocenters. The monoisotopic (exact) mass is 578 g/mol. The molecule has 0 bridgehead atoms. The van der Waals surface area contributed by atoms with E-state index in [-0.39, 0.29) is 28.4 Å². The maximum absolute atomic E-state index is 13.5. The Hall–Kier alpha value is -2.96. The summed E-state index contributed by atoms with van der Waals surface area (Å²) in [7, 11) is -5.34. The van der Waals surface area contributed by atoms with Crippen LogP contribution < -0.4 is 23.0 Å². The molecule has 0 saturated heterocycles. The minimum atomic E-state index is -4.60. The molecule has 0 fully saturated rings. The Kier molecular flexibility index (Phi) is 10.9. The number of aliphatic hydroxyl groups is 4. The first-order valence-corrected chi connectivity index (χ1v) is 14.1. The van der Waals surface area contributed by atoms with Gasteiger partial charge in [0, 0.05) is 18.2 Å². The number of hydrogen-bond donors (Lipinski definition) is 4. The fourth-order valence-corrected chi connectivity index (χ4v) is 4.85. The van der Waals surface area contributed by atoms with E-state index < -0.39 is 64.2 Å². The van der Waals surface area contributed by atoms with Crippen LogP contribution >= 0.6 is 15.2 Å². The first-order valence-electron chi connectivity index (χ1n) is 10.7. The molecular formula is C22H28O14P2. The Balaban J connectivity index is 2.66. The van der Waals surface area contributed by atoms with E-state index in [4.69, 9.17) is 27.6 Å². The maximum Gasteiger partial charge on any atom is 0.456 e. The Morgan fingerprint density at radius 3 is 1.45 bits per heavy atom. The van der Waals surface area contributed by atoms with Crippen LogP contribution in [0.3, 0.4) is 0 Å². The van der Waals surface area contributed by atoms with Crippen LogP contribution in [-0.4, -0.2) is 79.2 Å². The van der Waals surface area contributed by atoms with Gasteiger partial charge in [-0.1, -0.05) is 0 Å². The van der Waals surface area contributed by atoms with Gasteiger partial charge in [0.2, 0.25) is 5.75 Å². The van der Waals surface area contributed by atoms with Gasteiger partial charge < -0.3 is 48.0 Å². The molecular weight excluding hydrogens is 550 g/mol. The summed E-state index contributed by atoms with van der Waals surface area (Å²) in [6.07, 6.45) is -2.28. The second-order valence-electron chi connectivity index (χ2n) is 7.45. The van der Waals surface area contributed by atoms with Gasteiger partial charge in [0.1, 0.15) is 13.2 Å². The van der Waals surface area contributed by atoms with Gasteiger partial charge in [-0.25, -0.2) is 9.13 Å². The Morgan fingerprint density at radius 1 is 0.684 bits per heavy atom. The van der Waals surface area contributed by atoms with E-state index in [0.29, 0.717) is 5.56 Å². The SMILES string of the molecule is COc1c(C)cc(C(=O)CO)cc1OP(=O)(CO)Oc1cc(C(=O)CO)cc(OP(=O)(CO)OC)c1OC. The van der Waals surface area contributed by atoms with Gasteiger partial charge in [0.05, 0.1) is 14.2 Å². The molecule has 4 N–H and O–H groups in total. The lowest BCUT2D eigenvalue weighted by atomic mass is 10.1. The highest BCUT2D eigenvalue weighted by atomic mass is 31.2. The molecule has 0 aliphatic rings. The van der Waals surface area contributed by atoms with Gasteiger partial charge in [-0.15, -0.1) is 0 Å². The molecule has 2 atom stereocenters. The number of hydrogen-bond acceptors (Lipinski definition) is 14. The first-order chi connectivity index (χ1) is 17.9. The summed E-state index contributed by atoms with van der Waals surface area (Å²) in [5.74, 6) is -3.09. The second-order valence-corrected chi connectivity index (χ2v) is 11.4. The zero-order valence-corrected chi connectivity index (χ0v) is 22.7. The quantitative estimate of drug-likeness (QED) is 0.177. The summed E-state index contributed by atoms with van der Waals surface area (Å²) in [5, 5.41) is 37.9. The van der Waals surface area contributed by atoms with Crippen molar-refractivity contribution in [1.29, 1.82) is 0 Å². The van der Waals surface area contributed by atoms with Crippen LogP contribution in [0.25, 0.3) is 0 Å². The summed E-state index contributed by atoms with van der Waals surface area (Å²) in [4.78, 5) is 24.3. The summed E-state index contributed by atoms with van der Waals surface area (Å²) in [6.45, 7) is -0.218. The molecule has 2 rings (SSSR count). The second kappa shape index (κ2) is 13.2. The van der Waals surface area contributed by atoms with E-state index >= 15 is 0 Å². The number of ether oxygens (including phenoxy) is 2. The average Bonchev–Trinajstić information content (AvgIpc) is 2.91. The van der Waals surface area contributed by atoms with Crippen molar-refractivity contribution >= 4 is 26.8 Å². The Labute approximate surface area is 217 Å². The molecule has 0 saturated carbocycles. The fraction of sp³-hybridized carbons (Fsp3) is 0.364. The predicted molar refractivity (Wildman–Crippen MR) is 132 cm³/mol. The van der Waals surface area contributed by atoms with Crippen LogP contribution in [0, 0.1) is 6.92 Å². The van der Waals surface area contributed by atoms with Gasteiger partial charge in [-0.05, 0) is 36.8 Å². The number of aryl methyl sites for hydroxylation is 1. The van der Waals surface area contributed by atoms with Crippen molar-refractivity contribution in [3.05, 3.63) is 41.0 Å². The molecule has 0 aliphatic carbocycles. The van der Waals surface area contributed by atoms with Gasteiger partial charge in [0.15, 0.2) is 47.3 Å². The highest BCUT2D eigenvalue weighted by molar-refractivity contribution is 7.54. The molecule has 2 aromatic rings. The van der Waals surface area contributed by atoms with Crippen molar-refractivity contribution in [2.24, 2.45) is 0 Å². The van der Waals surface area contributed by atoms with E-state index in [1.807, 2.05) is 0 Å². The molecule has 16 heteroatoms. The molecule has 0 aliphatic heterocycles. The maximum atomic E-state index is 13.5. The van der Waals surface area contributed by atoms with Crippen molar-refractivity contribution in [2.75, 3.05) is 47.2 Å². The average molecular weight is 578 g/mol. The van der Waals surface area contributed by atoms with E-state index in [9.17, 15) is 39.1 Å². The normalized spacial score (nSPS) is 14.1. The molecule has 0 spiro atoms. The number of rotatable bonds is 15. The summed E-state index contributed by atoms with van der Waals surface area (Å²) >= 11 is 0. The molecule has 210 valence electrons. The lowest BCUT2D eigenvalue weighted by Gasteiger charge is -2.23. The van der Waals surface area contributed by atoms with Crippen molar-refractivity contribution in [3.63, 3.8) is 0 Å². The van der Waals surface area contributed by atoms with Crippen LogP contribution in [0.5, 0.6) is 28.7 Å². The van der Waals surface area contributed by atoms with E-state index in [0.717, 1.165) is 32.4 Å². The van der Waals surface area contributed by atoms with Crippen LogP contribution in [0.1, 0.15) is 26.3 Å². The zero-order chi connectivity index (χ0) is 28.7. The van der Waals surface area contributed by atoms with Crippen LogP contribution in [0.4, 0.5) is 0 Å². The molecule has 0 radical (unpaired) electrons. The van der Waals surface area contributed by atoms with Crippen LogP contribution in [-0.2, 0) is 13.7 Å². The number of benzene rings is 2. The first kappa shape index (κ1) is 31.3. The molecule has 38 heavy (non-hydrogen) atoms. The predicted octanol–water partition coefficient (Wildman–Crippen LogP) is 2.13. The number of carbonyl (C=O) groups is 2. The van der Waals surface area contributed by atoms with Crippen LogP contribution in [0.2, 0.25) is 0 Å². The van der Waals surface area contributed by atoms with E-state index in [1.165, 1.54) is 13.2 Å². The van der Waals surface area contributed by atoms with E-state index in [2.05, 4.69) is 0 Å². The largest absolute Gasteiger partial charge is 0.493 e. The van der Waals surface area contributed by atoms with Gasteiger partial charge in [-0.3, -0.25) is 9.59 Å². The van der Waals surface area contributed by atoms with Crippen molar-refractivity contribution < 1.29 is 66.7 Å². The third kappa shape index (κ3) is 7.12. The highest BCUT2D eigenvalue weighted by Crippen LogP contribution is 2.56. The molecule has 0 amide bonds. The Bertz CT molecular complexity index is 1270. The number of carbonyl (C=O) groups excluding carboxylic acids is 2. The fourth-order valence-electron chi connectivity index (χ4n) is 3.14. The van der Waals surface area contributed by atoms with Crippen molar-refractivity contribution in [3.8, 4) is 28.7 Å². The van der Waals surface area contributed by atoms with Gasteiger partial charge in [-0.2, -0.15) is 0 Å². The van der Waals surface area contributed by atoms with Gasteiger partial charge in [0.25, 0.3) is 0 Å². The topological polar surface area (TPSA) is 205 Å². The highest BCUT2D eigenvalue weighted by Gasteiger charge is 2.34. The minimum Gasteiger partial charge on any atom is -0.493 e. The number of methoxy groups -OCH3 is 2. The number of aliphatic hydroxyl groups excluding tert-OH is 4. The van der Waals surface area contributed by atoms with Gasteiger partial charge >= 0.3 is 15.2 Å². The zero-order valence-electron chi connectivity index (χ0n) is 20.9. The van der Waals surface area contributed by atoms with Crippen LogP contribution in [0.15, 0.2) is 24.3 Å². The third-order valence-corrected chi connectivity index (χ3v) is 7.61. The minimum absolute atomic E-state index is 0.00609. The van der Waals surface area contributed by atoms with E-state index in [1.54, 1.807) is 6.92 Å². The smallest absolute Gasteiger partial charge is 0.456 e. The standard InChI is InChI=1S/C22H28O14P2/c1-13-5-14(16(27)9-23)6-18(21(13)31-2)35-38(30,12-26)36-20-8-15(17(28)10-24)7-19(22(20)32-3)34-37(29,11-25)33-4/h5-8,23-26H,9-12H2,1-4H3. The molecule has 2 aromatic carbocycles. The number of Topliss-reactive ketones (excluding diaryl/α,β-unsaturated/α-hetero) is 2. The summed E-state index contributed by atoms with van der Waals surface area (Å²) < 4.78 is 57.4. The Morgan fingerprint density at radius 2 is 1.08 bits per heavy atom. The lowest BCUT2D eigenvalue weighted by Crippen LogP contribution is -2.11. The van der Waals surface area contributed by atoms with Crippen molar-refractivity contribution in [2.45, 2.75) is 6.92 Å². The summed E-state index contributed by atoms with van der Waals surface area (Å²) in [6, 6.07) is 4.55. The number of ketones is 2. The lowest BCUT2D eigenvalue weighted by molar-refractivity contribution is 0.0897. The summed E-state index contributed by atoms with van der Waals surface area (Å²) in [5.41, 5.74) is 0.0928. The molecule has 0 heterocycles. The molecule has 0 aromatic heterocycles. The van der Waals surface area contributed by atoms with Crippen molar-refractivity contribution in [1.82, 2.24) is 0 Å². The molecule has 14 nitrogen and oxygen atoms in total. The third-order valence-electron chi connectivity index (χ3n) is 4.94.